The summed E-state index contributed by atoms with van der Waals surface area (Å²) in [4.78, 5) is 21.7. The Morgan fingerprint density at radius 3 is 2.74 bits per heavy atom. The normalized spacial score (nSPS) is 18.5. The van der Waals surface area contributed by atoms with Crippen molar-refractivity contribution in [2.45, 2.75) is 50.2 Å². The molecule has 3 aromatic rings. The summed E-state index contributed by atoms with van der Waals surface area (Å²) in [6.07, 6.45) is 1.70. The van der Waals surface area contributed by atoms with Crippen molar-refractivity contribution in [3.63, 3.8) is 0 Å². The smallest absolute Gasteiger partial charge is 0.416 e. The Bertz CT molecular complexity index is 1140. The molecule has 2 aromatic heterocycles. The van der Waals surface area contributed by atoms with Crippen LogP contribution >= 0.6 is 0 Å². The molecule has 5 rings (SSSR count). The number of oxazole rings is 1. The number of hydrogen-bond acceptors (Lipinski definition) is 4. The van der Waals surface area contributed by atoms with Gasteiger partial charge in [-0.25, -0.2) is 4.98 Å². The second kappa shape index (κ2) is 7.51. The maximum Gasteiger partial charge on any atom is 0.416 e. The van der Waals surface area contributed by atoms with Crippen LogP contribution in [0.15, 0.2) is 47.0 Å². The third-order valence-electron chi connectivity index (χ3n) is 5.73. The first-order valence-corrected chi connectivity index (χ1v) is 10.3. The monoisotopic (exact) mass is 427 g/mol. The molecule has 1 N–H and O–H groups in total. The van der Waals surface area contributed by atoms with Crippen LogP contribution in [0.5, 0.6) is 0 Å². The standard InChI is InChI=1S/C23H20F3N3O2/c24-23(25,26)16-4-1-3-14(11-16)21(30)28-17-5-2-6-18-20(17)31-22(29-18)15-9-10-27-19(12-15)13-7-8-13/h1,3-4,9-13,17H,2,5-8H2,(H,28,30)/t17-/m0/s1. The minimum Gasteiger partial charge on any atom is -0.439 e. The van der Waals surface area contributed by atoms with Crippen molar-refractivity contribution in [1.29, 1.82) is 0 Å². The average molecular weight is 427 g/mol. The molecule has 0 radical (unpaired) electrons. The Morgan fingerprint density at radius 1 is 1.13 bits per heavy atom. The quantitative estimate of drug-likeness (QED) is 0.602. The molecule has 1 atom stereocenters. The molecular formula is C23H20F3N3O2. The number of benzene rings is 1. The number of carbonyl (C=O) groups is 1. The number of alkyl halides is 3. The predicted molar refractivity (Wildman–Crippen MR) is 106 cm³/mol. The second-order valence-corrected chi connectivity index (χ2v) is 8.07. The minimum absolute atomic E-state index is 0.0371. The number of hydrogen-bond donors (Lipinski definition) is 1. The highest BCUT2D eigenvalue weighted by atomic mass is 19.4. The second-order valence-electron chi connectivity index (χ2n) is 8.07. The van der Waals surface area contributed by atoms with Gasteiger partial charge >= 0.3 is 6.18 Å². The number of halogens is 3. The number of fused-ring (bicyclic) bond motifs is 1. The van der Waals surface area contributed by atoms with Crippen molar-refractivity contribution in [1.82, 2.24) is 15.3 Å². The zero-order valence-electron chi connectivity index (χ0n) is 16.6. The first kappa shape index (κ1) is 19.8. The first-order chi connectivity index (χ1) is 14.9. The van der Waals surface area contributed by atoms with Gasteiger partial charge in [0.05, 0.1) is 17.3 Å². The van der Waals surface area contributed by atoms with Crippen LogP contribution in [-0.4, -0.2) is 15.9 Å². The molecule has 8 heteroatoms. The van der Waals surface area contributed by atoms with E-state index in [1.807, 2.05) is 12.1 Å². The molecule has 31 heavy (non-hydrogen) atoms. The summed E-state index contributed by atoms with van der Waals surface area (Å²) in [5.41, 5.74) is 1.76. The number of pyridine rings is 1. The Hall–Kier alpha value is -3.16. The average Bonchev–Trinajstić information content (AvgIpc) is 3.52. The van der Waals surface area contributed by atoms with Crippen LogP contribution in [0, 0.1) is 0 Å². The summed E-state index contributed by atoms with van der Waals surface area (Å²) in [7, 11) is 0. The minimum atomic E-state index is -4.50. The third-order valence-corrected chi connectivity index (χ3v) is 5.73. The van der Waals surface area contributed by atoms with Gasteiger partial charge < -0.3 is 9.73 Å². The predicted octanol–water partition coefficient (Wildman–Crippen LogP) is 5.44. The molecule has 0 saturated heterocycles. The fraction of sp³-hybridized carbons (Fsp3) is 0.348. The molecule has 0 aliphatic heterocycles. The van der Waals surface area contributed by atoms with E-state index < -0.39 is 23.7 Å². The van der Waals surface area contributed by atoms with E-state index in [1.165, 1.54) is 12.1 Å². The molecule has 160 valence electrons. The van der Waals surface area contributed by atoms with Crippen molar-refractivity contribution >= 4 is 5.91 Å². The van der Waals surface area contributed by atoms with Gasteiger partial charge in [-0.1, -0.05) is 6.07 Å². The Balaban J connectivity index is 1.38. The van der Waals surface area contributed by atoms with Crippen LogP contribution < -0.4 is 5.32 Å². The van der Waals surface area contributed by atoms with Gasteiger partial charge in [0.2, 0.25) is 5.89 Å². The largest absolute Gasteiger partial charge is 0.439 e. The van der Waals surface area contributed by atoms with Gasteiger partial charge in [0.15, 0.2) is 0 Å². The van der Waals surface area contributed by atoms with Crippen LogP contribution in [0.2, 0.25) is 0 Å². The third kappa shape index (κ3) is 4.06. The van der Waals surface area contributed by atoms with Gasteiger partial charge in [-0.15, -0.1) is 0 Å². The van der Waals surface area contributed by atoms with Crippen molar-refractivity contribution < 1.29 is 22.4 Å². The van der Waals surface area contributed by atoms with E-state index in [2.05, 4.69) is 15.3 Å². The Morgan fingerprint density at radius 2 is 1.97 bits per heavy atom. The van der Waals surface area contributed by atoms with Crippen molar-refractivity contribution in [3.05, 3.63) is 70.9 Å². The van der Waals surface area contributed by atoms with Crippen LogP contribution in [0.1, 0.15) is 70.7 Å². The highest BCUT2D eigenvalue weighted by Crippen LogP contribution is 2.40. The van der Waals surface area contributed by atoms with Crippen molar-refractivity contribution in [2.24, 2.45) is 0 Å². The van der Waals surface area contributed by atoms with E-state index in [9.17, 15) is 18.0 Å². The SMILES string of the molecule is O=C(N[C@H]1CCCc2nc(-c3ccnc(C4CC4)c3)oc21)c1cccc(C(F)(F)F)c1. The fourth-order valence-electron chi connectivity index (χ4n) is 3.94. The maximum absolute atomic E-state index is 13.0. The van der Waals surface area contributed by atoms with Crippen molar-refractivity contribution in [3.8, 4) is 11.5 Å². The molecule has 0 spiro atoms. The van der Waals surface area contributed by atoms with Gasteiger partial charge in [-0.2, -0.15) is 13.2 Å². The lowest BCUT2D eigenvalue weighted by Crippen LogP contribution is -2.30. The summed E-state index contributed by atoms with van der Waals surface area (Å²) < 4.78 is 45.0. The molecule has 1 saturated carbocycles. The molecule has 0 unspecified atom stereocenters. The maximum atomic E-state index is 13.0. The lowest BCUT2D eigenvalue weighted by atomic mass is 9.96. The summed E-state index contributed by atoms with van der Waals surface area (Å²) in [6, 6.07) is 7.82. The summed E-state index contributed by atoms with van der Waals surface area (Å²) in [5, 5.41) is 2.82. The van der Waals surface area contributed by atoms with E-state index in [-0.39, 0.29) is 5.56 Å². The number of nitrogens with zero attached hydrogens (tertiary/aromatic N) is 2. The van der Waals surface area contributed by atoms with Crippen LogP contribution in [0.4, 0.5) is 13.2 Å². The van der Waals surface area contributed by atoms with Crippen LogP contribution in [-0.2, 0) is 12.6 Å². The Kier molecular flexibility index (Phi) is 4.79. The zero-order chi connectivity index (χ0) is 21.6. The molecular weight excluding hydrogens is 407 g/mol. The number of rotatable bonds is 4. The van der Waals surface area contributed by atoms with E-state index in [1.54, 1.807) is 6.20 Å². The molecule has 2 aliphatic rings. The molecule has 1 aromatic carbocycles. The van der Waals surface area contributed by atoms with Crippen molar-refractivity contribution in [2.75, 3.05) is 0 Å². The van der Waals surface area contributed by atoms with Crippen LogP contribution in [0.25, 0.3) is 11.5 Å². The Labute approximate surface area is 176 Å². The molecule has 5 nitrogen and oxygen atoms in total. The first-order valence-electron chi connectivity index (χ1n) is 10.3. The molecule has 2 heterocycles. The fourth-order valence-corrected chi connectivity index (χ4v) is 3.94. The highest BCUT2D eigenvalue weighted by Gasteiger charge is 2.32. The molecule has 1 amide bonds. The van der Waals surface area contributed by atoms with E-state index in [4.69, 9.17) is 4.42 Å². The summed E-state index contributed by atoms with van der Waals surface area (Å²) in [5.74, 6) is 0.992. The van der Waals surface area contributed by atoms with Gasteiger partial charge in [0.25, 0.3) is 5.91 Å². The van der Waals surface area contributed by atoms with Gasteiger partial charge in [-0.05, 0) is 62.4 Å². The van der Waals surface area contributed by atoms with Crippen LogP contribution in [0.3, 0.4) is 0 Å². The number of carbonyl (C=O) groups excluding carboxylic acids is 1. The number of nitrogens with one attached hydrogen (secondary N) is 1. The van der Waals surface area contributed by atoms with Gasteiger partial charge in [-0.3, -0.25) is 9.78 Å². The van der Waals surface area contributed by atoms with E-state index in [0.29, 0.717) is 24.0 Å². The van der Waals surface area contributed by atoms with E-state index >= 15 is 0 Å². The number of aromatic nitrogens is 2. The lowest BCUT2D eigenvalue weighted by molar-refractivity contribution is -0.137. The zero-order valence-corrected chi connectivity index (χ0v) is 16.6. The lowest BCUT2D eigenvalue weighted by Gasteiger charge is -2.21. The molecule has 0 bridgehead atoms. The van der Waals surface area contributed by atoms with Gasteiger partial charge in [0, 0.05) is 28.9 Å². The highest BCUT2D eigenvalue weighted by molar-refractivity contribution is 5.94. The molecule has 2 aliphatic carbocycles. The topological polar surface area (TPSA) is 68.0 Å². The van der Waals surface area contributed by atoms with E-state index in [0.717, 1.165) is 54.8 Å². The molecule has 1 fully saturated rings. The van der Waals surface area contributed by atoms with Gasteiger partial charge in [0.1, 0.15) is 5.76 Å². The number of aryl methyl sites for hydroxylation is 1. The number of amides is 1. The summed E-state index contributed by atoms with van der Waals surface area (Å²) in [6.45, 7) is 0. The summed E-state index contributed by atoms with van der Waals surface area (Å²) >= 11 is 0.